The fourth-order valence-electron chi connectivity index (χ4n) is 3.62. The second-order valence-corrected chi connectivity index (χ2v) is 7.15. The normalized spacial score (nSPS) is 10.8. The monoisotopic (exact) mass is 398 g/mol. The highest BCUT2D eigenvalue weighted by molar-refractivity contribution is 6.07. The topological polar surface area (TPSA) is 60.3 Å². The van der Waals surface area contributed by atoms with Crippen LogP contribution in [-0.4, -0.2) is 17.6 Å². The van der Waals surface area contributed by atoms with Gasteiger partial charge in [0.25, 0.3) is 5.91 Å². The summed E-state index contributed by atoms with van der Waals surface area (Å²) in [6, 6.07) is 22.0. The quantitative estimate of drug-likeness (QED) is 0.538. The van der Waals surface area contributed by atoms with Crippen LogP contribution in [0, 0.1) is 6.92 Å². The van der Waals surface area contributed by atoms with Gasteiger partial charge in [0.15, 0.2) is 5.43 Å². The zero-order valence-electron chi connectivity index (χ0n) is 17.1. The number of carbonyl (C=O) groups excluding carboxylic acids is 1. The maximum absolute atomic E-state index is 13.5. The smallest absolute Gasteiger partial charge is 0.256 e. The number of hydrogen-bond donors (Lipinski definition) is 1. The third kappa shape index (κ3) is 3.35. The molecule has 4 aromatic rings. The number of methoxy groups -OCH3 is 1. The number of anilines is 1. The van der Waals surface area contributed by atoms with Crippen LogP contribution in [0.25, 0.3) is 22.0 Å². The first kappa shape index (κ1) is 19.5. The van der Waals surface area contributed by atoms with Crippen molar-refractivity contribution in [1.82, 2.24) is 4.57 Å². The van der Waals surface area contributed by atoms with Crippen molar-refractivity contribution in [3.63, 3.8) is 0 Å². The second kappa shape index (κ2) is 7.87. The molecule has 0 aliphatic rings. The lowest BCUT2D eigenvalue weighted by molar-refractivity contribution is 0.102. The van der Waals surface area contributed by atoms with E-state index in [1.807, 2.05) is 67.1 Å². The summed E-state index contributed by atoms with van der Waals surface area (Å²) >= 11 is 0. The third-order valence-corrected chi connectivity index (χ3v) is 5.23. The standard InChI is InChI=1S/C25H22N2O3/c1-16-12-14-17(15-13-16)25(29)26-24-22(19-9-5-7-11-21(19)30-3)23(28)18-8-4-6-10-20(18)27(24)2/h4-15H,1-3H3,(H,26,29). The lowest BCUT2D eigenvalue weighted by Gasteiger charge is -2.19. The van der Waals surface area contributed by atoms with Crippen molar-refractivity contribution in [1.29, 1.82) is 0 Å². The minimum absolute atomic E-state index is 0.160. The number of rotatable bonds is 4. The van der Waals surface area contributed by atoms with Gasteiger partial charge < -0.3 is 14.6 Å². The van der Waals surface area contributed by atoms with E-state index in [0.29, 0.717) is 33.6 Å². The molecule has 0 saturated heterocycles. The molecule has 0 atom stereocenters. The molecular formula is C25H22N2O3. The SMILES string of the molecule is COc1ccccc1-c1c(NC(=O)c2ccc(C)cc2)n(C)c2ccccc2c1=O. The van der Waals surface area contributed by atoms with Crippen molar-refractivity contribution in [2.45, 2.75) is 6.92 Å². The Morgan fingerprint density at radius 1 is 0.933 bits per heavy atom. The zero-order chi connectivity index (χ0) is 21.3. The molecule has 1 amide bonds. The summed E-state index contributed by atoms with van der Waals surface area (Å²) in [4.78, 5) is 26.5. The van der Waals surface area contributed by atoms with Crippen molar-refractivity contribution in [2.75, 3.05) is 12.4 Å². The Balaban J connectivity index is 1.97. The van der Waals surface area contributed by atoms with Crippen molar-refractivity contribution >= 4 is 22.6 Å². The molecular weight excluding hydrogens is 376 g/mol. The summed E-state index contributed by atoms with van der Waals surface area (Å²) in [6.45, 7) is 1.97. The molecule has 0 saturated carbocycles. The van der Waals surface area contributed by atoms with E-state index in [1.165, 1.54) is 0 Å². The Morgan fingerprint density at radius 3 is 2.33 bits per heavy atom. The van der Waals surface area contributed by atoms with Gasteiger partial charge >= 0.3 is 0 Å². The minimum atomic E-state index is -0.281. The number of fused-ring (bicyclic) bond motifs is 1. The predicted octanol–water partition coefficient (Wildman–Crippen LogP) is 4.77. The molecule has 0 radical (unpaired) electrons. The van der Waals surface area contributed by atoms with Crippen LogP contribution in [0.1, 0.15) is 15.9 Å². The number of nitrogens with one attached hydrogen (secondary N) is 1. The van der Waals surface area contributed by atoms with Crippen molar-refractivity contribution in [2.24, 2.45) is 7.05 Å². The summed E-state index contributed by atoms with van der Waals surface area (Å²) in [5.41, 5.74) is 3.19. The molecule has 1 heterocycles. The van der Waals surface area contributed by atoms with Gasteiger partial charge in [0.1, 0.15) is 11.6 Å². The second-order valence-electron chi connectivity index (χ2n) is 7.15. The van der Waals surface area contributed by atoms with Crippen LogP contribution in [0.15, 0.2) is 77.6 Å². The van der Waals surface area contributed by atoms with E-state index in [-0.39, 0.29) is 11.3 Å². The molecule has 1 aromatic heterocycles. The molecule has 0 aliphatic carbocycles. The average Bonchev–Trinajstić information content (AvgIpc) is 2.78. The van der Waals surface area contributed by atoms with Crippen LogP contribution >= 0.6 is 0 Å². The highest BCUT2D eigenvalue weighted by Gasteiger charge is 2.21. The lowest BCUT2D eigenvalue weighted by Crippen LogP contribution is -2.21. The van der Waals surface area contributed by atoms with Gasteiger partial charge in [-0.15, -0.1) is 0 Å². The van der Waals surface area contributed by atoms with Gasteiger partial charge in [-0.05, 0) is 37.3 Å². The van der Waals surface area contributed by atoms with E-state index < -0.39 is 0 Å². The van der Waals surface area contributed by atoms with Crippen LogP contribution in [0.3, 0.4) is 0 Å². The first-order valence-corrected chi connectivity index (χ1v) is 9.64. The maximum atomic E-state index is 13.5. The number of amides is 1. The van der Waals surface area contributed by atoms with Crippen LogP contribution in [0.2, 0.25) is 0 Å². The minimum Gasteiger partial charge on any atom is -0.496 e. The number of nitrogens with zero attached hydrogens (tertiary/aromatic N) is 1. The van der Waals surface area contributed by atoms with E-state index in [9.17, 15) is 9.59 Å². The number of para-hydroxylation sites is 2. The summed E-state index contributed by atoms with van der Waals surface area (Å²) in [5.74, 6) is 0.709. The van der Waals surface area contributed by atoms with Crippen LogP contribution in [-0.2, 0) is 7.05 Å². The van der Waals surface area contributed by atoms with E-state index >= 15 is 0 Å². The Morgan fingerprint density at radius 2 is 1.60 bits per heavy atom. The number of ether oxygens (including phenoxy) is 1. The predicted molar refractivity (Wildman–Crippen MR) is 120 cm³/mol. The van der Waals surface area contributed by atoms with E-state index in [2.05, 4.69) is 5.32 Å². The van der Waals surface area contributed by atoms with Gasteiger partial charge in [0.05, 0.1) is 18.2 Å². The van der Waals surface area contributed by atoms with E-state index in [1.54, 1.807) is 31.4 Å². The first-order chi connectivity index (χ1) is 14.5. The summed E-state index contributed by atoms with van der Waals surface area (Å²) < 4.78 is 7.34. The molecule has 30 heavy (non-hydrogen) atoms. The third-order valence-electron chi connectivity index (χ3n) is 5.23. The van der Waals surface area contributed by atoms with Crippen molar-refractivity contribution in [3.05, 3.63) is 94.1 Å². The van der Waals surface area contributed by atoms with Crippen LogP contribution < -0.4 is 15.5 Å². The molecule has 0 unspecified atom stereocenters. The average molecular weight is 398 g/mol. The van der Waals surface area contributed by atoms with E-state index in [0.717, 1.165) is 11.1 Å². The number of hydrogen-bond acceptors (Lipinski definition) is 3. The number of aryl methyl sites for hydroxylation is 2. The van der Waals surface area contributed by atoms with Crippen LogP contribution in [0.4, 0.5) is 5.82 Å². The summed E-state index contributed by atoms with van der Waals surface area (Å²) in [7, 11) is 3.40. The van der Waals surface area contributed by atoms with Gasteiger partial charge in [-0.3, -0.25) is 9.59 Å². The maximum Gasteiger partial charge on any atom is 0.256 e. The number of carbonyl (C=O) groups is 1. The van der Waals surface area contributed by atoms with Crippen molar-refractivity contribution < 1.29 is 9.53 Å². The first-order valence-electron chi connectivity index (χ1n) is 9.64. The highest BCUT2D eigenvalue weighted by atomic mass is 16.5. The Bertz CT molecular complexity index is 1300. The van der Waals surface area contributed by atoms with Gasteiger partial charge in [-0.1, -0.05) is 48.0 Å². The van der Waals surface area contributed by atoms with Crippen LogP contribution in [0.5, 0.6) is 5.75 Å². The summed E-state index contributed by atoms with van der Waals surface area (Å²) in [5, 5.41) is 3.54. The fraction of sp³-hybridized carbons (Fsp3) is 0.120. The number of pyridine rings is 1. The Hall–Kier alpha value is -3.86. The highest BCUT2D eigenvalue weighted by Crippen LogP contribution is 2.34. The number of aromatic nitrogens is 1. The molecule has 0 spiro atoms. The molecule has 0 fully saturated rings. The van der Waals surface area contributed by atoms with Gasteiger partial charge in [-0.2, -0.15) is 0 Å². The molecule has 1 N–H and O–H groups in total. The molecule has 0 aliphatic heterocycles. The number of benzene rings is 3. The molecule has 0 bridgehead atoms. The van der Waals surface area contributed by atoms with Gasteiger partial charge in [0.2, 0.25) is 0 Å². The Kier molecular flexibility index (Phi) is 5.11. The van der Waals surface area contributed by atoms with E-state index in [4.69, 9.17) is 4.74 Å². The molecule has 4 rings (SSSR count). The van der Waals surface area contributed by atoms with Gasteiger partial charge in [-0.25, -0.2) is 0 Å². The fourth-order valence-corrected chi connectivity index (χ4v) is 3.62. The zero-order valence-corrected chi connectivity index (χ0v) is 17.1. The summed E-state index contributed by atoms with van der Waals surface area (Å²) in [6.07, 6.45) is 0. The molecule has 5 heteroatoms. The molecule has 3 aromatic carbocycles. The lowest BCUT2D eigenvalue weighted by atomic mass is 10.0. The molecule has 5 nitrogen and oxygen atoms in total. The molecule has 150 valence electrons. The van der Waals surface area contributed by atoms with Crippen molar-refractivity contribution in [3.8, 4) is 16.9 Å². The van der Waals surface area contributed by atoms with Gasteiger partial charge in [0, 0.05) is 23.6 Å². The largest absolute Gasteiger partial charge is 0.496 e. The Labute approximate surface area is 174 Å².